The Hall–Kier alpha value is -0.570. The molecule has 0 saturated carbocycles. The minimum absolute atomic E-state index is 0.277. The van der Waals surface area contributed by atoms with Gasteiger partial charge in [0.05, 0.1) is 0 Å². The normalized spacial score (nSPS) is 11.5. The van der Waals surface area contributed by atoms with Gasteiger partial charge in [0.1, 0.15) is 6.61 Å². The highest BCUT2D eigenvalue weighted by Gasteiger charge is 2.16. The number of amides is 1. The summed E-state index contributed by atoms with van der Waals surface area (Å²) in [6, 6.07) is 0. The van der Waals surface area contributed by atoms with Crippen LogP contribution in [0.2, 0.25) is 0 Å². The maximum atomic E-state index is 10.7. The topological polar surface area (TPSA) is 49.3 Å². The Morgan fingerprint density at radius 1 is 1.27 bits per heavy atom. The summed E-state index contributed by atoms with van der Waals surface area (Å²) in [7, 11) is 0. The van der Waals surface area contributed by atoms with Crippen LogP contribution in [0.5, 0.6) is 0 Å². The van der Waals surface area contributed by atoms with Gasteiger partial charge >= 0.3 is 0 Å². The van der Waals surface area contributed by atoms with Gasteiger partial charge in [0.15, 0.2) is 0 Å². The molecule has 1 amide bonds. The van der Waals surface area contributed by atoms with Crippen molar-refractivity contribution in [2.24, 2.45) is 5.41 Å². The number of hydrogen-bond donors (Lipinski definition) is 2. The first-order valence-corrected chi connectivity index (χ1v) is 5.89. The van der Waals surface area contributed by atoms with E-state index in [-0.39, 0.29) is 5.91 Å². The van der Waals surface area contributed by atoms with Crippen LogP contribution in [0, 0.1) is 5.41 Å². The van der Waals surface area contributed by atoms with Gasteiger partial charge in [-0.15, -0.1) is 0 Å². The van der Waals surface area contributed by atoms with Gasteiger partial charge in [-0.25, -0.2) is 0 Å². The summed E-state index contributed by atoms with van der Waals surface area (Å²) in [6.07, 6.45) is 5.87. The van der Waals surface area contributed by atoms with Gasteiger partial charge in [0.2, 0.25) is 5.91 Å². The highest BCUT2D eigenvalue weighted by Crippen LogP contribution is 2.28. The molecule has 0 unspecified atom stereocenters. The standard InChI is InChI=1S/C12H25NO2/c1-4-5-7-12(2,3)8-6-9-13-11(15)10-14/h14H,4-10H2,1-3H3,(H,13,15). The molecular weight excluding hydrogens is 190 g/mol. The van der Waals surface area contributed by atoms with Crippen LogP contribution in [0.25, 0.3) is 0 Å². The van der Waals surface area contributed by atoms with Crippen LogP contribution in [-0.4, -0.2) is 24.2 Å². The van der Waals surface area contributed by atoms with E-state index < -0.39 is 6.61 Å². The number of unbranched alkanes of at least 4 members (excludes halogenated alkanes) is 1. The fraction of sp³-hybridized carbons (Fsp3) is 0.917. The predicted octanol–water partition coefficient (Wildman–Crippen LogP) is 2.09. The van der Waals surface area contributed by atoms with Crippen molar-refractivity contribution in [3.8, 4) is 0 Å². The maximum Gasteiger partial charge on any atom is 0.245 e. The number of aliphatic hydroxyl groups excluding tert-OH is 1. The molecule has 0 atom stereocenters. The number of nitrogens with one attached hydrogen (secondary N) is 1. The maximum absolute atomic E-state index is 10.7. The zero-order valence-corrected chi connectivity index (χ0v) is 10.3. The summed E-state index contributed by atoms with van der Waals surface area (Å²) in [5, 5.41) is 11.2. The predicted molar refractivity (Wildman–Crippen MR) is 62.6 cm³/mol. The second-order valence-corrected chi connectivity index (χ2v) is 4.88. The Bertz CT molecular complexity index is 178. The molecule has 0 aliphatic carbocycles. The molecule has 0 spiro atoms. The molecule has 0 fully saturated rings. The molecule has 0 heterocycles. The Morgan fingerprint density at radius 2 is 1.87 bits per heavy atom. The molecule has 0 aliphatic heterocycles. The van der Waals surface area contributed by atoms with Crippen molar-refractivity contribution in [2.45, 2.75) is 52.9 Å². The average molecular weight is 215 g/mol. The van der Waals surface area contributed by atoms with Gasteiger partial charge in [-0.1, -0.05) is 33.6 Å². The third-order valence-electron chi connectivity index (χ3n) is 2.70. The van der Waals surface area contributed by atoms with E-state index in [1.54, 1.807) is 0 Å². The van der Waals surface area contributed by atoms with Crippen LogP contribution in [0.3, 0.4) is 0 Å². The monoisotopic (exact) mass is 215 g/mol. The van der Waals surface area contributed by atoms with Crippen molar-refractivity contribution in [1.29, 1.82) is 0 Å². The Balaban J connectivity index is 3.52. The molecule has 15 heavy (non-hydrogen) atoms. The summed E-state index contributed by atoms with van der Waals surface area (Å²) >= 11 is 0. The lowest BCUT2D eigenvalue weighted by molar-refractivity contribution is -0.123. The van der Waals surface area contributed by atoms with Gasteiger partial charge in [0, 0.05) is 6.54 Å². The lowest BCUT2D eigenvalue weighted by Crippen LogP contribution is -2.28. The fourth-order valence-electron chi connectivity index (χ4n) is 1.63. The van der Waals surface area contributed by atoms with E-state index in [1.807, 2.05) is 0 Å². The van der Waals surface area contributed by atoms with Crippen LogP contribution >= 0.6 is 0 Å². The van der Waals surface area contributed by atoms with Crippen LogP contribution in [-0.2, 0) is 4.79 Å². The van der Waals surface area contributed by atoms with Crippen molar-refractivity contribution in [3.05, 3.63) is 0 Å². The molecule has 0 aromatic carbocycles. The van der Waals surface area contributed by atoms with E-state index in [0.717, 1.165) is 12.8 Å². The number of carbonyl (C=O) groups excluding carboxylic acids is 1. The second-order valence-electron chi connectivity index (χ2n) is 4.88. The Labute approximate surface area is 93.3 Å². The van der Waals surface area contributed by atoms with E-state index in [1.165, 1.54) is 19.3 Å². The van der Waals surface area contributed by atoms with Crippen molar-refractivity contribution < 1.29 is 9.90 Å². The molecule has 0 rings (SSSR count). The zero-order chi connectivity index (χ0) is 11.7. The summed E-state index contributed by atoms with van der Waals surface area (Å²) in [6.45, 7) is 7.03. The molecule has 0 aliphatic rings. The van der Waals surface area contributed by atoms with Gasteiger partial charge < -0.3 is 10.4 Å². The highest BCUT2D eigenvalue weighted by molar-refractivity contribution is 5.76. The van der Waals surface area contributed by atoms with Crippen LogP contribution < -0.4 is 5.32 Å². The Kier molecular flexibility index (Phi) is 7.39. The molecule has 3 nitrogen and oxygen atoms in total. The van der Waals surface area contributed by atoms with E-state index in [0.29, 0.717) is 12.0 Å². The number of hydrogen-bond acceptors (Lipinski definition) is 2. The van der Waals surface area contributed by atoms with Crippen molar-refractivity contribution in [2.75, 3.05) is 13.2 Å². The van der Waals surface area contributed by atoms with Crippen LogP contribution in [0.1, 0.15) is 52.9 Å². The van der Waals surface area contributed by atoms with E-state index >= 15 is 0 Å². The molecule has 0 radical (unpaired) electrons. The Morgan fingerprint density at radius 3 is 2.40 bits per heavy atom. The molecule has 90 valence electrons. The third kappa shape index (κ3) is 8.43. The minimum atomic E-state index is -0.404. The van der Waals surface area contributed by atoms with E-state index in [4.69, 9.17) is 5.11 Å². The number of carbonyl (C=O) groups is 1. The van der Waals surface area contributed by atoms with E-state index in [2.05, 4.69) is 26.1 Å². The quantitative estimate of drug-likeness (QED) is 0.609. The lowest BCUT2D eigenvalue weighted by Gasteiger charge is -2.24. The highest BCUT2D eigenvalue weighted by atomic mass is 16.3. The van der Waals surface area contributed by atoms with E-state index in [9.17, 15) is 4.79 Å². The summed E-state index contributed by atoms with van der Waals surface area (Å²) < 4.78 is 0. The lowest BCUT2D eigenvalue weighted by atomic mass is 9.83. The van der Waals surface area contributed by atoms with Gasteiger partial charge in [-0.05, 0) is 24.7 Å². The van der Waals surface area contributed by atoms with Crippen molar-refractivity contribution in [3.63, 3.8) is 0 Å². The summed E-state index contributed by atoms with van der Waals surface area (Å²) in [5.74, 6) is -0.277. The number of rotatable bonds is 8. The fourth-order valence-corrected chi connectivity index (χ4v) is 1.63. The first kappa shape index (κ1) is 14.4. The first-order chi connectivity index (χ1) is 7.02. The number of aliphatic hydroxyl groups is 1. The van der Waals surface area contributed by atoms with Crippen molar-refractivity contribution >= 4 is 5.91 Å². The average Bonchev–Trinajstić information content (AvgIpc) is 2.21. The molecule has 3 heteroatoms. The van der Waals surface area contributed by atoms with Gasteiger partial charge in [-0.2, -0.15) is 0 Å². The minimum Gasteiger partial charge on any atom is -0.387 e. The molecular formula is C12H25NO2. The molecule has 2 N–H and O–H groups in total. The van der Waals surface area contributed by atoms with Gasteiger partial charge in [0.25, 0.3) is 0 Å². The second kappa shape index (κ2) is 7.69. The van der Waals surface area contributed by atoms with Gasteiger partial charge in [-0.3, -0.25) is 4.79 Å². The smallest absolute Gasteiger partial charge is 0.245 e. The first-order valence-electron chi connectivity index (χ1n) is 5.89. The largest absolute Gasteiger partial charge is 0.387 e. The molecule has 0 aromatic heterocycles. The zero-order valence-electron chi connectivity index (χ0n) is 10.3. The van der Waals surface area contributed by atoms with Crippen LogP contribution in [0.15, 0.2) is 0 Å². The third-order valence-corrected chi connectivity index (χ3v) is 2.70. The summed E-state index contributed by atoms with van der Waals surface area (Å²) in [4.78, 5) is 10.7. The SMILES string of the molecule is CCCCC(C)(C)CCCNC(=O)CO. The molecule has 0 bridgehead atoms. The molecule has 0 aromatic rings. The summed E-state index contributed by atoms with van der Waals surface area (Å²) in [5.41, 5.74) is 0.375. The molecule has 0 saturated heterocycles. The van der Waals surface area contributed by atoms with Crippen LogP contribution in [0.4, 0.5) is 0 Å². The van der Waals surface area contributed by atoms with Crippen molar-refractivity contribution in [1.82, 2.24) is 5.32 Å².